The number of methoxy groups -OCH3 is 1. The lowest BCUT2D eigenvalue weighted by atomic mass is 10.1. The minimum Gasteiger partial charge on any atom is -0.468 e. The van der Waals surface area contributed by atoms with Crippen LogP contribution in [0.15, 0.2) is 46.9 Å². The molecule has 1 unspecified atom stereocenters. The van der Waals surface area contributed by atoms with Crippen molar-refractivity contribution in [2.75, 3.05) is 20.2 Å². The van der Waals surface area contributed by atoms with Gasteiger partial charge in [0.1, 0.15) is 17.6 Å². The van der Waals surface area contributed by atoms with Crippen LogP contribution in [-0.2, 0) is 27.3 Å². The Balaban J connectivity index is 1.70. The second kappa shape index (κ2) is 9.74. The monoisotopic (exact) mass is 398 g/mol. The third kappa shape index (κ3) is 5.94. The van der Waals surface area contributed by atoms with Crippen LogP contribution >= 0.6 is 0 Å². The molecular formula is C23H30N2O4. The number of nitrogens with zero attached hydrogens (tertiary/aromatic N) is 2. The summed E-state index contributed by atoms with van der Waals surface area (Å²) in [7, 11) is 1.39. The van der Waals surface area contributed by atoms with Gasteiger partial charge in [-0.25, -0.2) is 0 Å². The lowest BCUT2D eigenvalue weighted by Crippen LogP contribution is -2.48. The van der Waals surface area contributed by atoms with Crippen molar-refractivity contribution in [3.63, 3.8) is 0 Å². The maximum atomic E-state index is 13.2. The average Bonchev–Trinajstić information content (AvgIpc) is 3.50. The highest BCUT2D eigenvalue weighted by atomic mass is 16.5. The van der Waals surface area contributed by atoms with Crippen LogP contribution in [0.4, 0.5) is 0 Å². The SMILES string of the molecule is COC(=O)C(C)N(CC(=O)N(CCc1ccccc1)Cc1ccc(C)o1)C1CC1. The van der Waals surface area contributed by atoms with Crippen molar-refractivity contribution >= 4 is 11.9 Å². The fraction of sp³-hybridized carbons (Fsp3) is 0.478. The van der Waals surface area contributed by atoms with Gasteiger partial charge in [0.25, 0.3) is 0 Å². The number of amides is 1. The summed E-state index contributed by atoms with van der Waals surface area (Å²) in [6, 6.07) is 13.8. The zero-order chi connectivity index (χ0) is 20.8. The Morgan fingerprint density at radius 3 is 2.48 bits per heavy atom. The fourth-order valence-electron chi connectivity index (χ4n) is 3.51. The van der Waals surface area contributed by atoms with Crippen LogP contribution < -0.4 is 0 Å². The quantitative estimate of drug-likeness (QED) is 0.575. The number of carbonyl (C=O) groups is 2. The first-order valence-corrected chi connectivity index (χ1v) is 10.2. The Bertz CT molecular complexity index is 813. The maximum absolute atomic E-state index is 13.2. The summed E-state index contributed by atoms with van der Waals surface area (Å²) in [5, 5.41) is 0. The van der Waals surface area contributed by atoms with Gasteiger partial charge in [-0.1, -0.05) is 30.3 Å². The number of hydrogen-bond donors (Lipinski definition) is 0. The summed E-state index contributed by atoms with van der Waals surface area (Å²) in [6.45, 7) is 4.92. The molecule has 1 aliphatic rings. The second-order valence-electron chi connectivity index (χ2n) is 7.67. The van der Waals surface area contributed by atoms with E-state index in [4.69, 9.17) is 9.15 Å². The van der Waals surface area contributed by atoms with E-state index < -0.39 is 6.04 Å². The van der Waals surface area contributed by atoms with Crippen LogP contribution in [0.5, 0.6) is 0 Å². The first kappa shape index (κ1) is 21.1. The summed E-state index contributed by atoms with van der Waals surface area (Å²) in [4.78, 5) is 29.1. The number of hydrogen-bond acceptors (Lipinski definition) is 5. The van der Waals surface area contributed by atoms with Crippen LogP contribution in [0, 0.1) is 6.92 Å². The Morgan fingerprint density at radius 2 is 1.90 bits per heavy atom. The van der Waals surface area contributed by atoms with Crippen molar-refractivity contribution in [3.8, 4) is 0 Å². The van der Waals surface area contributed by atoms with E-state index >= 15 is 0 Å². The number of benzene rings is 1. The van der Waals surface area contributed by atoms with Crippen molar-refractivity contribution in [2.45, 2.75) is 51.7 Å². The van der Waals surface area contributed by atoms with Gasteiger partial charge in [-0.15, -0.1) is 0 Å². The zero-order valence-corrected chi connectivity index (χ0v) is 17.5. The molecule has 0 N–H and O–H groups in total. The van der Waals surface area contributed by atoms with Crippen LogP contribution in [0.25, 0.3) is 0 Å². The van der Waals surface area contributed by atoms with Gasteiger partial charge in [-0.05, 0) is 50.8 Å². The molecule has 0 spiro atoms. The minimum absolute atomic E-state index is 0.00219. The van der Waals surface area contributed by atoms with Gasteiger partial charge in [0.15, 0.2) is 0 Å². The molecule has 0 bridgehead atoms. The highest BCUT2D eigenvalue weighted by Crippen LogP contribution is 2.29. The highest BCUT2D eigenvalue weighted by molar-refractivity contribution is 5.80. The van der Waals surface area contributed by atoms with E-state index in [2.05, 4.69) is 12.1 Å². The van der Waals surface area contributed by atoms with Crippen LogP contribution in [0.2, 0.25) is 0 Å². The van der Waals surface area contributed by atoms with Crippen molar-refractivity contribution in [2.24, 2.45) is 0 Å². The molecule has 6 nitrogen and oxygen atoms in total. The van der Waals surface area contributed by atoms with E-state index in [9.17, 15) is 9.59 Å². The lowest BCUT2D eigenvalue weighted by Gasteiger charge is -2.30. The molecule has 2 aromatic rings. The first-order valence-electron chi connectivity index (χ1n) is 10.2. The molecule has 3 rings (SSSR count). The van der Waals surface area contributed by atoms with E-state index in [0.29, 0.717) is 13.1 Å². The van der Waals surface area contributed by atoms with Gasteiger partial charge in [-0.2, -0.15) is 0 Å². The molecular weight excluding hydrogens is 368 g/mol. The largest absolute Gasteiger partial charge is 0.468 e. The van der Waals surface area contributed by atoms with Crippen molar-refractivity contribution in [1.82, 2.24) is 9.80 Å². The molecule has 156 valence electrons. The van der Waals surface area contributed by atoms with Gasteiger partial charge < -0.3 is 14.1 Å². The highest BCUT2D eigenvalue weighted by Gasteiger charge is 2.37. The molecule has 1 aromatic heterocycles. The van der Waals surface area contributed by atoms with Gasteiger partial charge in [0.05, 0.1) is 20.2 Å². The third-order valence-electron chi connectivity index (χ3n) is 5.38. The molecule has 6 heteroatoms. The smallest absolute Gasteiger partial charge is 0.322 e. The van der Waals surface area contributed by atoms with E-state index in [-0.39, 0.29) is 24.5 Å². The van der Waals surface area contributed by atoms with Gasteiger partial charge in [-0.3, -0.25) is 14.5 Å². The molecule has 29 heavy (non-hydrogen) atoms. The number of rotatable bonds is 10. The van der Waals surface area contributed by atoms with E-state index in [1.807, 2.05) is 54.0 Å². The summed E-state index contributed by atoms with van der Waals surface area (Å²) in [5.74, 6) is 1.29. The first-order chi connectivity index (χ1) is 14.0. The van der Waals surface area contributed by atoms with Crippen molar-refractivity contribution < 1.29 is 18.7 Å². The Labute approximate surface area is 172 Å². The maximum Gasteiger partial charge on any atom is 0.322 e. The second-order valence-corrected chi connectivity index (χ2v) is 7.67. The number of esters is 1. The summed E-state index contributed by atoms with van der Waals surface area (Å²) in [5.41, 5.74) is 1.18. The fourth-order valence-corrected chi connectivity index (χ4v) is 3.51. The predicted octanol–water partition coefficient (Wildman–Crippen LogP) is 3.19. The Hall–Kier alpha value is -2.60. The number of carbonyl (C=O) groups excluding carboxylic acids is 2. The molecule has 0 saturated heterocycles. The standard InChI is InChI=1S/C23H30N2O4/c1-17-9-12-21(29-17)15-24(14-13-19-7-5-4-6-8-19)22(26)16-25(20-10-11-20)18(2)23(27)28-3/h4-9,12,18,20H,10-11,13-16H2,1-3H3. The molecule has 1 fully saturated rings. The molecule has 1 aromatic carbocycles. The number of aryl methyl sites for hydroxylation is 1. The normalized spacial score (nSPS) is 14.6. The van der Waals surface area contributed by atoms with Gasteiger partial charge in [0, 0.05) is 12.6 Å². The van der Waals surface area contributed by atoms with Gasteiger partial charge >= 0.3 is 5.97 Å². The Kier molecular flexibility index (Phi) is 7.09. The van der Waals surface area contributed by atoms with Crippen LogP contribution in [0.3, 0.4) is 0 Å². The van der Waals surface area contributed by atoms with E-state index in [0.717, 1.165) is 30.8 Å². The molecule has 1 aliphatic carbocycles. The van der Waals surface area contributed by atoms with E-state index in [1.165, 1.54) is 12.7 Å². The summed E-state index contributed by atoms with van der Waals surface area (Å²) < 4.78 is 10.6. The number of furan rings is 1. The third-order valence-corrected chi connectivity index (χ3v) is 5.38. The molecule has 0 radical (unpaired) electrons. The molecule has 1 amide bonds. The summed E-state index contributed by atoms with van der Waals surface area (Å²) in [6.07, 6.45) is 2.79. The van der Waals surface area contributed by atoms with Crippen LogP contribution in [0.1, 0.15) is 36.8 Å². The summed E-state index contributed by atoms with van der Waals surface area (Å²) >= 11 is 0. The molecule has 0 aliphatic heterocycles. The Morgan fingerprint density at radius 1 is 1.17 bits per heavy atom. The zero-order valence-electron chi connectivity index (χ0n) is 17.5. The lowest BCUT2D eigenvalue weighted by molar-refractivity contribution is -0.148. The molecule has 1 heterocycles. The van der Waals surface area contributed by atoms with E-state index in [1.54, 1.807) is 0 Å². The van der Waals surface area contributed by atoms with Crippen LogP contribution in [-0.4, -0.2) is 54.0 Å². The molecule has 1 atom stereocenters. The average molecular weight is 399 g/mol. The topological polar surface area (TPSA) is 63.0 Å². The predicted molar refractivity (Wildman–Crippen MR) is 110 cm³/mol. The molecule has 1 saturated carbocycles. The number of ether oxygens (including phenoxy) is 1. The minimum atomic E-state index is -0.432. The van der Waals surface area contributed by atoms with Crippen molar-refractivity contribution in [1.29, 1.82) is 0 Å². The van der Waals surface area contributed by atoms with Crippen molar-refractivity contribution in [3.05, 3.63) is 59.5 Å². The van der Waals surface area contributed by atoms with Gasteiger partial charge in [0.2, 0.25) is 5.91 Å².